The normalized spacial score (nSPS) is 30.7. The summed E-state index contributed by atoms with van der Waals surface area (Å²) in [7, 11) is 0. The lowest BCUT2D eigenvalue weighted by Crippen LogP contribution is -2.44. The zero-order chi connectivity index (χ0) is 12.4. The van der Waals surface area contributed by atoms with Crippen molar-refractivity contribution in [2.75, 3.05) is 19.6 Å². The van der Waals surface area contributed by atoms with Crippen LogP contribution in [0, 0.1) is 11.8 Å². The molecular formula is C16H30N2. The molecule has 0 bridgehead atoms. The van der Waals surface area contributed by atoms with E-state index in [9.17, 15) is 0 Å². The average molecular weight is 250 g/mol. The van der Waals surface area contributed by atoms with Crippen molar-refractivity contribution in [1.29, 1.82) is 0 Å². The van der Waals surface area contributed by atoms with Crippen LogP contribution in [0.15, 0.2) is 0 Å². The maximum atomic E-state index is 3.68. The van der Waals surface area contributed by atoms with E-state index < -0.39 is 0 Å². The van der Waals surface area contributed by atoms with Crippen molar-refractivity contribution in [1.82, 2.24) is 10.2 Å². The molecular weight excluding hydrogens is 220 g/mol. The summed E-state index contributed by atoms with van der Waals surface area (Å²) in [6.07, 6.45) is 11.7. The van der Waals surface area contributed by atoms with E-state index in [1.54, 1.807) is 0 Å². The van der Waals surface area contributed by atoms with E-state index >= 15 is 0 Å². The van der Waals surface area contributed by atoms with Crippen molar-refractivity contribution >= 4 is 0 Å². The molecule has 104 valence electrons. The Kier molecular flexibility index (Phi) is 4.25. The number of rotatable bonds is 7. The molecule has 2 nitrogen and oxygen atoms in total. The Morgan fingerprint density at radius 3 is 2.39 bits per heavy atom. The fourth-order valence-electron chi connectivity index (χ4n) is 3.62. The Morgan fingerprint density at radius 1 is 1.00 bits per heavy atom. The first kappa shape index (κ1) is 12.9. The van der Waals surface area contributed by atoms with Crippen LogP contribution in [0.3, 0.4) is 0 Å². The van der Waals surface area contributed by atoms with Crippen LogP contribution in [0.1, 0.15) is 58.3 Å². The van der Waals surface area contributed by atoms with Crippen molar-refractivity contribution in [3.63, 3.8) is 0 Å². The van der Waals surface area contributed by atoms with Crippen LogP contribution in [-0.2, 0) is 0 Å². The average Bonchev–Trinajstić information content (AvgIpc) is 2.97. The summed E-state index contributed by atoms with van der Waals surface area (Å²) in [5.41, 5.74) is 0. The predicted octanol–water partition coefficient (Wildman–Crippen LogP) is 3.03. The van der Waals surface area contributed by atoms with Crippen LogP contribution in [-0.4, -0.2) is 36.6 Å². The lowest BCUT2D eigenvalue weighted by Gasteiger charge is -2.36. The Morgan fingerprint density at radius 2 is 1.83 bits per heavy atom. The van der Waals surface area contributed by atoms with Gasteiger partial charge >= 0.3 is 0 Å². The van der Waals surface area contributed by atoms with E-state index in [0.717, 1.165) is 23.9 Å². The number of hydrogen-bond donors (Lipinski definition) is 1. The van der Waals surface area contributed by atoms with Gasteiger partial charge in [-0.2, -0.15) is 0 Å². The van der Waals surface area contributed by atoms with E-state index in [-0.39, 0.29) is 0 Å². The van der Waals surface area contributed by atoms with E-state index in [0.29, 0.717) is 0 Å². The highest BCUT2D eigenvalue weighted by Crippen LogP contribution is 2.34. The molecule has 18 heavy (non-hydrogen) atoms. The highest BCUT2D eigenvalue weighted by Gasteiger charge is 2.30. The fraction of sp³-hybridized carbons (Fsp3) is 1.00. The second kappa shape index (κ2) is 5.92. The summed E-state index contributed by atoms with van der Waals surface area (Å²) in [4.78, 5) is 2.82. The van der Waals surface area contributed by atoms with Gasteiger partial charge in [0.25, 0.3) is 0 Å². The Balaban J connectivity index is 1.49. The largest absolute Gasteiger partial charge is 0.313 e. The molecule has 0 amide bonds. The smallest absolute Gasteiger partial charge is 0.0195 e. The van der Waals surface area contributed by atoms with Gasteiger partial charge in [0.15, 0.2) is 0 Å². The topological polar surface area (TPSA) is 15.3 Å². The summed E-state index contributed by atoms with van der Waals surface area (Å²) in [5, 5.41) is 3.68. The summed E-state index contributed by atoms with van der Waals surface area (Å²) >= 11 is 0. The minimum absolute atomic E-state index is 0.785. The van der Waals surface area contributed by atoms with Gasteiger partial charge in [0.1, 0.15) is 0 Å². The first-order valence-electron chi connectivity index (χ1n) is 8.28. The molecule has 2 atom stereocenters. The van der Waals surface area contributed by atoms with Crippen molar-refractivity contribution in [2.24, 2.45) is 11.8 Å². The molecule has 3 aliphatic rings. The standard InChI is InChI=1S/C16H30N2/c1-13(10-14-4-2-5-14)18(11-15-7-8-15)12-16-6-3-9-17-16/h13-17H,2-12H2,1H3. The van der Waals surface area contributed by atoms with E-state index in [1.807, 2.05) is 0 Å². The Bertz CT molecular complexity index is 252. The van der Waals surface area contributed by atoms with Crippen molar-refractivity contribution in [3.05, 3.63) is 0 Å². The van der Waals surface area contributed by atoms with Crippen LogP contribution in [0.5, 0.6) is 0 Å². The summed E-state index contributed by atoms with van der Waals surface area (Å²) < 4.78 is 0. The molecule has 3 fully saturated rings. The van der Waals surface area contributed by atoms with Gasteiger partial charge in [0.2, 0.25) is 0 Å². The van der Waals surface area contributed by atoms with Crippen LogP contribution < -0.4 is 5.32 Å². The lowest BCUT2D eigenvalue weighted by atomic mass is 9.81. The maximum Gasteiger partial charge on any atom is 0.0195 e. The first-order valence-corrected chi connectivity index (χ1v) is 8.28. The highest BCUT2D eigenvalue weighted by atomic mass is 15.2. The SMILES string of the molecule is CC(CC1CCC1)N(CC1CC1)CC1CCCN1. The molecule has 1 N–H and O–H groups in total. The molecule has 0 aromatic heterocycles. The lowest BCUT2D eigenvalue weighted by molar-refractivity contribution is 0.138. The minimum atomic E-state index is 0.785. The molecule has 1 saturated heterocycles. The molecule has 3 rings (SSSR count). The van der Waals surface area contributed by atoms with Gasteiger partial charge in [0.05, 0.1) is 0 Å². The molecule has 2 aliphatic carbocycles. The predicted molar refractivity (Wildman–Crippen MR) is 76.7 cm³/mol. The zero-order valence-electron chi connectivity index (χ0n) is 12.0. The van der Waals surface area contributed by atoms with Gasteiger partial charge in [-0.1, -0.05) is 19.3 Å². The summed E-state index contributed by atoms with van der Waals surface area (Å²) in [5.74, 6) is 2.09. The Hall–Kier alpha value is -0.0800. The molecule has 2 unspecified atom stereocenters. The quantitative estimate of drug-likeness (QED) is 0.747. The third-order valence-electron chi connectivity index (χ3n) is 5.33. The molecule has 1 aliphatic heterocycles. The van der Waals surface area contributed by atoms with Crippen LogP contribution in [0.2, 0.25) is 0 Å². The number of hydrogen-bond acceptors (Lipinski definition) is 2. The van der Waals surface area contributed by atoms with Gasteiger partial charge in [-0.15, -0.1) is 0 Å². The third kappa shape index (κ3) is 3.48. The maximum absolute atomic E-state index is 3.68. The van der Waals surface area contributed by atoms with Crippen molar-refractivity contribution in [3.8, 4) is 0 Å². The van der Waals surface area contributed by atoms with Gasteiger partial charge in [-0.25, -0.2) is 0 Å². The summed E-state index contributed by atoms with van der Waals surface area (Å²) in [6, 6.07) is 1.60. The third-order valence-corrected chi connectivity index (χ3v) is 5.33. The van der Waals surface area contributed by atoms with Crippen LogP contribution >= 0.6 is 0 Å². The zero-order valence-corrected chi connectivity index (χ0v) is 12.0. The molecule has 0 aromatic carbocycles. The molecule has 0 spiro atoms. The molecule has 1 heterocycles. The molecule has 0 aromatic rings. The summed E-state index contributed by atoms with van der Waals surface area (Å²) in [6.45, 7) is 6.42. The second-order valence-corrected chi connectivity index (χ2v) is 7.07. The van der Waals surface area contributed by atoms with E-state index in [1.165, 1.54) is 71.0 Å². The van der Waals surface area contributed by atoms with Gasteiger partial charge < -0.3 is 5.32 Å². The van der Waals surface area contributed by atoms with Crippen molar-refractivity contribution < 1.29 is 0 Å². The number of nitrogens with one attached hydrogen (secondary N) is 1. The van der Waals surface area contributed by atoms with Crippen LogP contribution in [0.25, 0.3) is 0 Å². The van der Waals surface area contributed by atoms with Crippen LogP contribution in [0.4, 0.5) is 0 Å². The molecule has 2 heteroatoms. The molecule has 2 saturated carbocycles. The first-order chi connectivity index (χ1) is 8.81. The molecule has 0 radical (unpaired) electrons. The minimum Gasteiger partial charge on any atom is -0.313 e. The van der Waals surface area contributed by atoms with Crippen molar-refractivity contribution in [2.45, 2.75) is 70.4 Å². The van der Waals surface area contributed by atoms with E-state index in [4.69, 9.17) is 0 Å². The number of nitrogens with zero attached hydrogens (tertiary/aromatic N) is 1. The van der Waals surface area contributed by atoms with E-state index in [2.05, 4.69) is 17.1 Å². The monoisotopic (exact) mass is 250 g/mol. The fourth-order valence-corrected chi connectivity index (χ4v) is 3.62. The van der Waals surface area contributed by atoms with Gasteiger partial charge in [-0.05, 0) is 57.4 Å². The Labute approximate surface area is 113 Å². The van der Waals surface area contributed by atoms with Gasteiger partial charge in [-0.3, -0.25) is 4.90 Å². The second-order valence-electron chi connectivity index (χ2n) is 7.07. The highest BCUT2D eigenvalue weighted by molar-refractivity contribution is 4.86. The van der Waals surface area contributed by atoms with Gasteiger partial charge in [0, 0.05) is 25.2 Å².